The fourth-order valence-electron chi connectivity index (χ4n) is 1.90. The number of H-pyrrole nitrogens is 1. The van der Waals surface area contributed by atoms with Crippen LogP contribution >= 0.6 is 11.3 Å². The molecule has 18 heavy (non-hydrogen) atoms. The van der Waals surface area contributed by atoms with Gasteiger partial charge in [-0.05, 0) is 12.5 Å². The number of hydrogen-bond acceptors (Lipinski definition) is 3. The molecule has 0 spiro atoms. The Morgan fingerprint density at radius 2 is 1.94 bits per heavy atom. The maximum atomic E-state index is 4.54. The molecule has 0 aliphatic rings. The Hall–Kier alpha value is -1.16. The van der Waals surface area contributed by atoms with Gasteiger partial charge in [-0.1, -0.05) is 34.6 Å². The highest BCUT2D eigenvalue weighted by Crippen LogP contribution is 2.32. The van der Waals surface area contributed by atoms with E-state index in [0.717, 1.165) is 12.1 Å². The van der Waals surface area contributed by atoms with E-state index in [1.807, 2.05) is 29.8 Å². The molecule has 2 heterocycles. The monoisotopic (exact) mass is 263 g/mol. The molecule has 0 fully saturated rings. The fraction of sp³-hybridized carbons (Fsp3) is 0.571. The normalized spacial score (nSPS) is 12.9. The minimum Gasteiger partial charge on any atom is -0.285 e. The molecule has 0 aliphatic carbocycles. The first-order valence-electron chi connectivity index (χ1n) is 6.24. The summed E-state index contributed by atoms with van der Waals surface area (Å²) in [4.78, 5) is 5.87. The molecule has 2 rings (SSSR count). The Balaban J connectivity index is 2.17. The Morgan fingerprint density at radius 1 is 1.22 bits per heavy atom. The molecule has 0 saturated carbocycles. The molecular weight excluding hydrogens is 242 g/mol. The standard InChI is InChI=1S/C14H21N3S/c1-13(2,3)12-15-9-10(18-12)8-14(4,5)11-6-7-16-17-11/h6-7,9H,8H2,1-5H3,(H,16,17). The van der Waals surface area contributed by atoms with Gasteiger partial charge < -0.3 is 0 Å². The van der Waals surface area contributed by atoms with Crippen LogP contribution < -0.4 is 0 Å². The van der Waals surface area contributed by atoms with Crippen molar-refractivity contribution in [3.63, 3.8) is 0 Å². The Bertz CT molecular complexity index is 503. The van der Waals surface area contributed by atoms with Crippen LogP contribution in [-0.2, 0) is 17.3 Å². The second-order valence-corrected chi connectivity index (χ2v) is 7.52. The van der Waals surface area contributed by atoms with Crippen molar-refractivity contribution in [3.8, 4) is 0 Å². The highest BCUT2D eigenvalue weighted by atomic mass is 32.1. The molecule has 0 amide bonds. The van der Waals surface area contributed by atoms with Crippen LogP contribution in [0.1, 0.15) is 50.2 Å². The Kier molecular flexibility index (Phi) is 3.32. The highest BCUT2D eigenvalue weighted by molar-refractivity contribution is 7.11. The number of rotatable bonds is 3. The van der Waals surface area contributed by atoms with Crippen molar-refractivity contribution < 1.29 is 0 Å². The molecule has 2 aromatic rings. The molecule has 3 nitrogen and oxygen atoms in total. The maximum absolute atomic E-state index is 4.54. The molecule has 0 saturated heterocycles. The van der Waals surface area contributed by atoms with Crippen LogP contribution in [-0.4, -0.2) is 15.2 Å². The SMILES string of the molecule is CC(C)(C)c1ncc(CC(C)(C)c2cc[nH]n2)s1. The van der Waals surface area contributed by atoms with Gasteiger partial charge >= 0.3 is 0 Å². The lowest BCUT2D eigenvalue weighted by molar-refractivity contribution is 0.508. The van der Waals surface area contributed by atoms with Gasteiger partial charge in [-0.25, -0.2) is 4.98 Å². The Labute approximate surface area is 113 Å². The molecule has 98 valence electrons. The van der Waals surface area contributed by atoms with E-state index in [4.69, 9.17) is 0 Å². The van der Waals surface area contributed by atoms with Gasteiger partial charge in [0.2, 0.25) is 0 Å². The lowest BCUT2D eigenvalue weighted by Crippen LogP contribution is -2.20. The smallest absolute Gasteiger partial charge is 0.0981 e. The third-order valence-electron chi connectivity index (χ3n) is 3.01. The summed E-state index contributed by atoms with van der Waals surface area (Å²) in [5, 5.41) is 8.39. The van der Waals surface area contributed by atoms with Crippen LogP contribution in [0.25, 0.3) is 0 Å². The van der Waals surface area contributed by atoms with Crippen molar-refractivity contribution in [1.29, 1.82) is 0 Å². The lowest BCUT2D eigenvalue weighted by atomic mass is 9.85. The van der Waals surface area contributed by atoms with E-state index in [-0.39, 0.29) is 10.8 Å². The molecule has 0 aromatic carbocycles. The summed E-state index contributed by atoms with van der Waals surface area (Å²) < 4.78 is 0. The van der Waals surface area contributed by atoms with Crippen LogP contribution in [0.5, 0.6) is 0 Å². The summed E-state index contributed by atoms with van der Waals surface area (Å²) in [6, 6.07) is 2.05. The molecule has 0 unspecified atom stereocenters. The van der Waals surface area contributed by atoms with Gasteiger partial charge in [-0.3, -0.25) is 5.10 Å². The lowest BCUT2D eigenvalue weighted by Gasteiger charge is -2.21. The average Bonchev–Trinajstić information content (AvgIpc) is 2.83. The number of hydrogen-bond donors (Lipinski definition) is 1. The number of thiazole rings is 1. The fourth-order valence-corrected chi connectivity index (χ4v) is 3.10. The summed E-state index contributed by atoms with van der Waals surface area (Å²) >= 11 is 1.81. The second kappa shape index (κ2) is 4.50. The zero-order valence-electron chi connectivity index (χ0n) is 11.7. The van der Waals surface area contributed by atoms with Gasteiger partial charge in [0, 0.05) is 28.1 Å². The van der Waals surface area contributed by atoms with E-state index in [2.05, 4.69) is 49.8 Å². The molecule has 4 heteroatoms. The number of nitrogens with one attached hydrogen (secondary N) is 1. The van der Waals surface area contributed by atoms with Gasteiger partial charge in [0.15, 0.2) is 0 Å². The van der Waals surface area contributed by atoms with E-state index in [1.165, 1.54) is 9.88 Å². The van der Waals surface area contributed by atoms with Gasteiger partial charge in [0.05, 0.1) is 10.7 Å². The minimum absolute atomic E-state index is 0.0433. The molecule has 0 bridgehead atoms. The predicted octanol–water partition coefficient (Wildman–Crippen LogP) is 3.68. The summed E-state index contributed by atoms with van der Waals surface area (Å²) in [6.07, 6.45) is 4.87. The number of aromatic nitrogens is 3. The summed E-state index contributed by atoms with van der Waals surface area (Å²) in [7, 11) is 0. The third kappa shape index (κ3) is 2.80. The molecule has 0 atom stereocenters. The predicted molar refractivity (Wildman–Crippen MR) is 76.1 cm³/mol. The average molecular weight is 263 g/mol. The van der Waals surface area contributed by atoms with E-state index < -0.39 is 0 Å². The third-order valence-corrected chi connectivity index (χ3v) is 4.43. The quantitative estimate of drug-likeness (QED) is 0.917. The van der Waals surface area contributed by atoms with Crippen LogP contribution in [0.15, 0.2) is 18.5 Å². The summed E-state index contributed by atoms with van der Waals surface area (Å²) in [6.45, 7) is 11.1. The molecule has 1 N–H and O–H groups in total. The van der Waals surface area contributed by atoms with E-state index in [0.29, 0.717) is 0 Å². The maximum Gasteiger partial charge on any atom is 0.0981 e. The van der Waals surface area contributed by atoms with Crippen LogP contribution in [0, 0.1) is 0 Å². The highest BCUT2D eigenvalue weighted by Gasteiger charge is 2.25. The zero-order chi connectivity index (χ0) is 13.4. The van der Waals surface area contributed by atoms with Gasteiger partial charge in [0.25, 0.3) is 0 Å². The first kappa shape index (κ1) is 13.3. The van der Waals surface area contributed by atoms with Crippen molar-refractivity contribution in [2.24, 2.45) is 0 Å². The van der Waals surface area contributed by atoms with Gasteiger partial charge in [-0.15, -0.1) is 11.3 Å². The molecule has 0 aliphatic heterocycles. The van der Waals surface area contributed by atoms with Crippen molar-refractivity contribution in [2.75, 3.05) is 0 Å². The molecular formula is C14H21N3S. The van der Waals surface area contributed by atoms with Crippen LogP contribution in [0.4, 0.5) is 0 Å². The molecule has 0 radical (unpaired) electrons. The van der Waals surface area contributed by atoms with Crippen molar-refractivity contribution in [2.45, 2.75) is 51.9 Å². The van der Waals surface area contributed by atoms with Gasteiger partial charge in [-0.2, -0.15) is 5.10 Å². The van der Waals surface area contributed by atoms with E-state index in [1.54, 1.807) is 0 Å². The number of aromatic amines is 1. The topological polar surface area (TPSA) is 41.6 Å². The van der Waals surface area contributed by atoms with Crippen LogP contribution in [0.2, 0.25) is 0 Å². The largest absolute Gasteiger partial charge is 0.285 e. The first-order chi connectivity index (χ1) is 8.29. The van der Waals surface area contributed by atoms with Crippen molar-refractivity contribution >= 4 is 11.3 Å². The summed E-state index contributed by atoms with van der Waals surface area (Å²) in [5.74, 6) is 0. The minimum atomic E-state index is 0.0433. The zero-order valence-corrected chi connectivity index (χ0v) is 12.6. The van der Waals surface area contributed by atoms with Crippen LogP contribution in [0.3, 0.4) is 0 Å². The second-order valence-electron chi connectivity index (χ2n) is 6.40. The molecule has 2 aromatic heterocycles. The first-order valence-corrected chi connectivity index (χ1v) is 7.06. The summed E-state index contributed by atoms with van der Waals surface area (Å²) in [5.41, 5.74) is 1.29. The number of nitrogens with zero attached hydrogens (tertiary/aromatic N) is 2. The van der Waals surface area contributed by atoms with Crippen molar-refractivity contribution in [3.05, 3.63) is 34.0 Å². The van der Waals surface area contributed by atoms with Gasteiger partial charge in [0.1, 0.15) is 0 Å². The Morgan fingerprint density at radius 3 is 2.44 bits per heavy atom. The van der Waals surface area contributed by atoms with E-state index >= 15 is 0 Å². The van der Waals surface area contributed by atoms with E-state index in [9.17, 15) is 0 Å². The van der Waals surface area contributed by atoms with Crippen molar-refractivity contribution in [1.82, 2.24) is 15.2 Å².